The summed E-state index contributed by atoms with van der Waals surface area (Å²) in [6.07, 6.45) is 1.96. The molecule has 0 bridgehead atoms. The number of benzene rings is 1. The van der Waals surface area contributed by atoms with Crippen LogP contribution in [0.3, 0.4) is 0 Å². The second-order valence-corrected chi connectivity index (χ2v) is 5.45. The summed E-state index contributed by atoms with van der Waals surface area (Å²) in [5.41, 5.74) is 1.85. The molecule has 4 nitrogen and oxygen atoms in total. The Morgan fingerprint density at radius 1 is 1.40 bits per heavy atom. The van der Waals surface area contributed by atoms with E-state index in [-0.39, 0.29) is 5.91 Å². The maximum atomic E-state index is 12.3. The minimum atomic E-state index is -0.408. The molecule has 2 rings (SSSR count). The Balaban J connectivity index is 1.95. The summed E-state index contributed by atoms with van der Waals surface area (Å²) in [6, 6.07) is 8.08. The molecule has 0 saturated carbocycles. The van der Waals surface area contributed by atoms with Crippen molar-refractivity contribution < 1.29 is 9.53 Å². The second-order valence-electron chi connectivity index (χ2n) is 5.45. The predicted molar refractivity (Wildman–Crippen MR) is 79.3 cm³/mol. The van der Waals surface area contributed by atoms with Crippen LogP contribution in [0.2, 0.25) is 0 Å². The van der Waals surface area contributed by atoms with Crippen molar-refractivity contribution in [1.29, 1.82) is 0 Å². The SMILES string of the molecule is CCOCc1ccccc1CNC(=O)C1(C)CCCN1. The summed E-state index contributed by atoms with van der Waals surface area (Å²) in [5, 5.41) is 6.32. The van der Waals surface area contributed by atoms with Crippen LogP contribution in [0.15, 0.2) is 24.3 Å². The maximum Gasteiger partial charge on any atom is 0.240 e. The fourth-order valence-electron chi connectivity index (χ4n) is 2.54. The Bertz CT molecular complexity index is 454. The van der Waals surface area contributed by atoms with Crippen LogP contribution in [0.5, 0.6) is 0 Å². The Morgan fingerprint density at radius 3 is 2.80 bits per heavy atom. The fraction of sp³-hybridized carbons (Fsp3) is 0.562. The molecule has 1 atom stereocenters. The molecule has 1 saturated heterocycles. The van der Waals surface area contributed by atoms with E-state index in [0.29, 0.717) is 19.8 Å². The van der Waals surface area contributed by atoms with Crippen LogP contribution in [0.1, 0.15) is 37.8 Å². The van der Waals surface area contributed by atoms with Gasteiger partial charge in [-0.2, -0.15) is 0 Å². The average molecular weight is 276 g/mol. The van der Waals surface area contributed by atoms with Crippen molar-refractivity contribution in [2.75, 3.05) is 13.2 Å². The van der Waals surface area contributed by atoms with E-state index in [4.69, 9.17) is 4.74 Å². The van der Waals surface area contributed by atoms with Gasteiger partial charge in [0.15, 0.2) is 0 Å². The third-order valence-corrected chi connectivity index (χ3v) is 3.89. The standard InChI is InChI=1S/C16H24N2O2/c1-3-20-12-14-8-5-4-7-13(14)11-17-15(19)16(2)9-6-10-18-16/h4-5,7-8,18H,3,6,9-12H2,1-2H3,(H,17,19). The van der Waals surface area contributed by atoms with Crippen molar-refractivity contribution in [2.24, 2.45) is 0 Å². The molecule has 1 aromatic carbocycles. The summed E-state index contributed by atoms with van der Waals surface area (Å²) in [7, 11) is 0. The molecule has 1 amide bonds. The first kappa shape index (κ1) is 15.0. The molecule has 1 unspecified atom stereocenters. The van der Waals surface area contributed by atoms with Gasteiger partial charge < -0.3 is 15.4 Å². The van der Waals surface area contributed by atoms with Crippen molar-refractivity contribution >= 4 is 5.91 Å². The third-order valence-electron chi connectivity index (χ3n) is 3.89. The van der Waals surface area contributed by atoms with Crippen molar-refractivity contribution in [2.45, 2.75) is 45.4 Å². The largest absolute Gasteiger partial charge is 0.377 e. The van der Waals surface area contributed by atoms with Crippen LogP contribution < -0.4 is 10.6 Å². The summed E-state index contributed by atoms with van der Waals surface area (Å²) in [5.74, 6) is 0.0845. The highest BCUT2D eigenvalue weighted by molar-refractivity contribution is 5.86. The lowest BCUT2D eigenvalue weighted by atomic mass is 9.99. The Morgan fingerprint density at radius 2 is 2.15 bits per heavy atom. The number of carbonyl (C=O) groups excluding carboxylic acids is 1. The Hall–Kier alpha value is -1.39. The van der Waals surface area contributed by atoms with Crippen LogP contribution in [-0.2, 0) is 22.7 Å². The summed E-state index contributed by atoms with van der Waals surface area (Å²) in [6.45, 7) is 6.73. The van der Waals surface area contributed by atoms with Crippen LogP contribution in [0.4, 0.5) is 0 Å². The van der Waals surface area contributed by atoms with Gasteiger partial charge in [-0.1, -0.05) is 24.3 Å². The number of rotatable bonds is 6. The number of nitrogens with one attached hydrogen (secondary N) is 2. The van der Waals surface area contributed by atoms with E-state index in [2.05, 4.69) is 10.6 Å². The van der Waals surface area contributed by atoms with Gasteiger partial charge in [-0.05, 0) is 44.4 Å². The highest BCUT2D eigenvalue weighted by Crippen LogP contribution is 2.19. The normalized spacial score (nSPS) is 21.9. The first-order chi connectivity index (χ1) is 9.65. The van der Waals surface area contributed by atoms with Crippen LogP contribution in [0.25, 0.3) is 0 Å². The molecule has 0 aromatic heterocycles. The van der Waals surface area contributed by atoms with E-state index in [9.17, 15) is 4.79 Å². The van der Waals surface area contributed by atoms with Gasteiger partial charge in [-0.3, -0.25) is 4.79 Å². The van der Waals surface area contributed by atoms with Crippen molar-refractivity contribution in [3.05, 3.63) is 35.4 Å². The minimum absolute atomic E-state index is 0.0845. The molecule has 110 valence electrons. The first-order valence-corrected chi connectivity index (χ1v) is 7.33. The quantitative estimate of drug-likeness (QED) is 0.835. The summed E-state index contributed by atoms with van der Waals surface area (Å²) in [4.78, 5) is 12.3. The third kappa shape index (κ3) is 3.58. The molecule has 2 N–H and O–H groups in total. The van der Waals surface area contributed by atoms with Gasteiger partial charge >= 0.3 is 0 Å². The highest BCUT2D eigenvalue weighted by Gasteiger charge is 2.35. The van der Waals surface area contributed by atoms with Gasteiger partial charge in [0, 0.05) is 13.2 Å². The second kappa shape index (κ2) is 6.86. The molecule has 1 aliphatic rings. The lowest BCUT2D eigenvalue weighted by Gasteiger charge is -2.23. The molecule has 1 aliphatic heterocycles. The van der Waals surface area contributed by atoms with Crippen molar-refractivity contribution in [1.82, 2.24) is 10.6 Å². The molecule has 0 aliphatic carbocycles. The topological polar surface area (TPSA) is 50.4 Å². The van der Waals surface area contributed by atoms with E-state index in [1.165, 1.54) is 0 Å². The molecule has 1 aromatic rings. The van der Waals surface area contributed by atoms with Crippen LogP contribution in [-0.4, -0.2) is 24.6 Å². The Labute approximate surface area is 120 Å². The Kier molecular flexibility index (Phi) is 5.15. The smallest absolute Gasteiger partial charge is 0.240 e. The summed E-state index contributed by atoms with van der Waals surface area (Å²) >= 11 is 0. The molecule has 4 heteroatoms. The first-order valence-electron chi connectivity index (χ1n) is 7.33. The van der Waals surface area contributed by atoms with Gasteiger partial charge in [-0.25, -0.2) is 0 Å². The van der Waals surface area contributed by atoms with Crippen molar-refractivity contribution in [3.8, 4) is 0 Å². The lowest BCUT2D eigenvalue weighted by Crippen LogP contribution is -2.50. The molecule has 0 radical (unpaired) electrons. The van der Waals surface area contributed by atoms with Gasteiger partial charge in [0.1, 0.15) is 0 Å². The molecular formula is C16H24N2O2. The van der Waals surface area contributed by atoms with Gasteiger partial charge in [0.05, 0.1) is 12.1 Å². The van der Waals surface area contributed by atoms with E-state index in [1.807, 2.05) is 38.1 Å². The van der Waals surface area contributed by atoms with E-state index >= 15 is 0 Å². The number of ether oxygens (including phenoxy) is 1. The van der Waals surface area contributed by atoms with Crippen LogP contribution >= 0.6 is 0 Å². The van der Waals surface area contributed by atoms with Gasteiger partial charge in [0.2, 0.25) is 5.91 Å². The minimum Gasteiger partial charge on any atom is -0.377 e. The molecular weight excluding hydrogens is 252 g/mol. The van der Waals surface area contributed by atoms with Gasteiger partial charge in [-0.15, -0.1) is 0 Å². The highest BCUT2D eigenvalue weighted by atomic mass is 16.5. The summed E-state index contributed by atoms with van der Waals surface area (Å²) < 4.78 is 5.46. The predicted octanol–water partition coefficient (Wildman–Crippen LogP) is 1.98. The lowest BCUT2D eigenvalue weighted by molar-refractivity contribution is -0.126. The fourth-order valence-corrected chi connectivity index (χ4v) is 2.54. The van der Waals surface area contributed by atoms with Crippen molar-refractivity contribution in [3.63, 3.8) is 0 Å². The van der Waals surface area contributed by atoms with E-state index < -0.39 is 5.54 Å². The number of hydrogen-bond donors (Lipinski definition) is 2. The van der Waals surface area contributed by atoms with E-state index in [0.717, 1.165) is 30.5 Å². The zero-order chi connectivity index (χ0) is 14.4. The van der Waals surface area contributed by atoms with E-state index in [1.54, 1.807) is 0 Å². The zero-order valence-corrected chi connectivity index (χ0v) is 12.4. The zero-order valence-electron chi connectivity index (χ0n) is 12.4. The number of hydrogen-bond acceptors (Lipinski definition) is 3. The number of amides is 1. The van der Waals surface area contributed by atoms with Gasteiger partial charge in [0.25, 0.3) is 0 Å². The van der Waals surface area contributed by atoms with Crippen LogP contribution in [0, 0.1) is 0 Å². The average Bonchev–Trinajstić information content (AvgIpc) is 2.91. The number of carbonyl (C=O) groups is 1. The molecule has 1 fully saturated rings. The molecule has 20 heavy (non-hydrogen) atoms. The monoisotopic (exact) mass is 276 g/mol. The molecule has 0 spiro atoms. The maximum absolute atomic E-state index is 12.3. The molecule has 1 heterocycles.